The molecule has 1 aromatic rings. The number of halogens is 1. The molecule has 1 aliphatic heterocycles. The minimum atomic E-state index is -3.40. The number of hydrogen-bond donors (Lipinski definition) is 1. The van der Waals surface area contributed by atoms with Crippen LogP contribution in [0, 0.1) is 6.92 Å². The molecule has 0 amide bonds. The molecule has 1 heterocycles. The van der Waals surface area contributed by atoms with E-state index >= 15 is 0 Å². The zero-order chi connectivity index (χ0) is 14.0. The third-order valence-electron chi connectivity index (χ3n) is 3.57. The van der Waals surface area contributed by atoms with E-state index in [9.17, 15) is 8.42 Å². The van der Waals surface area contributed by atoms with Gasteiger partial charge in [0.15, 0.2) is 0 Å². The summed E-state index contributed by atoms with van der Waals surface area (Å²) in [7, 11) is -1.55. The Morgan fingerprint density at radius 2 is 2.21 bits per heavy atom. The van der Waals surface area contributed by atoms with Gasteiger partial charge in [-0.25, -0.2) is 8.42 Å². The average Bonchev–Trinajstić information content (AvgIpc) is 2.82. The van der Waals surface area contributed by atoms with Crippen LogP contribution >= 0.6 is 15.9 Å². The largest absolute Gasteiger partial charge is 0.318 e. The monoisotopic (exact) mass is 346 g/mol. The van der Waals surface area contributed by atoms with Crippen molar-refractivity contribution in [3.05, 3.63) is 28.2 Å². The molecule has 0 aromatic heterocycles. The molecule has 1 unspecified atom stereocenters. The van der Waals surface area contributed by atoms with Gasteiger partial charge in [0.1, 0.15) is 0 Å². The smallest absolute Gasteiger partial charge is 0.243 e. The molecule has 6 heteroatoms. The number of sulfonamides is 1. The van der Waals surface area contributed by atoms with Crippen molar-refractivity contribution in [1.82, 2.24) is 9.62 Å². The summed E-state index contributed by atoms with van der Waals surface area (Å²) in [5.41, 5.74) is 0.776. The van der Waals surface area contributed by atoms with Gasteiger partial charge in [0.25, 0.3) is 0 Å². The van der Waals surface area contributed by atoms with Gasteiger partial charge in [-0.3, -0.25) is 0 Å². The van der Waals surface area contributed by atoms with Crippen molar-refractivity contribution < 1.29 is 8.42 Å². The molecule has 0 radical (unpaired) electrons. The van der Waals surface area contributed by atoms with Gasteiger partial charge in [0.05, 0.1) is 4.90 Å². The van der Waals surface area contributed by atoms with E-state index in [0.717, 1.165) is 22.9 Å². The lowest BCUT2D eigenvalue weighted by atomic mass is 10.2. The highest BCUT2D eigenvalue weighted by Gasteiger charge is 2.35. The summed E-state index contributed by atoms with van der Waals surface area (Å²) in [6, 6.07) is 5.38. The molecule has 1 fully saturated rings. The van der Waals surface area contributed by atoms with Gasteiger partial charge < -0.3 is 5.32 Å². The summed E-state index contributed by atoms with van der Waals surface area (Å²) < 4.78 is 28.0. The molecule has 2 rings (SSSR count). The minimum absolute atomic E-state index is 0.0633. The Morgan fingerprint density at radius 3 is 2.89 bits per heavy atom. The second-order valence-electron chi connectivity index (χ2n) is 4.83. The van der Waals surface area contributed by atoms with Crippen molar-refractivity contribution >= 4 is 26.0 Å². The topological polar surface area (TPSA) is 49.4 Å². The van der Waals surface area contributed by atoms with Crippen LogP contribution in [0.2, 0.25) is 0 Å². The average molecular weight is 347 g/mol. The van der Waals surface area contributed by atoms with Crippen LogP contribution in [-0.4, -0.2) is 38.9 Å². The van der Waals surface area contributed by atoms with Crippen LogP contribution < -0.4 is 5.32 Å². The molecular formula is C13H19BrN2O2S. The highest BCUT2D eigenvalue weighted by Crippen LogP contribution is 2.30. The molecule has 1 aromatic carbocycles. The predicted molar refractivity (Wildman–Crippen MR) is 79.7 cm³/mol. The maximum Gasteiger partial charge on any atom is 0.243 e. The van der Waals surface area contributed by atoms with Crippen molar-refractivity contribution in [2.75, 3.05) is 20.1 Å². The lowest BCUT2D eigenvalue weighted by molar-refractivity contribution is 0.379. The summed E-state index contributed by atoms with van der Waals surface area (Å²) in [5.74, 6) is 0. The van der Waals surface area contributed by atoms with Gasteiger partial charge in [-0.2, -0.15) is 4.31 Å². The van der Waals surface area contributed by atoms with Crippen molar-refractivity contribution in [2.24, 2.45) is 0 Å². The molecule has 0 spiro atoms. The highest BCUT2D eigenvalue weighted by molar-refractivity contribution is 9.10. The Labute approximate surface area is 123 Å². The van der Waals surface area contributed by atoms with Gasteiger partial charge in [0, 0.05) is 23.6 Å². The molecule has 0 saturated carbocycles. The minimum Gasteiger partial charge on any atom is -0.318 e. The molecule has 1 aliphatic rings. The van der Waals surface area contributed by atoms with E-state index in [2.05, 4.69) is 21.2 Å². The number of nitrogens with one attached hydrogen (secondary N) is 1. The first-order valence-corrected chi connectivity index (χ1v) is 8.63. The molecule has 106 valence electrons. The normalized spacial score (nSPS) is 20.9. The summed E-state index contributed by atoms with van der Waals surface area (Å²) >= 11 is 3.40. The van der Waals surface area contributed by atoms with Gasteiger partial charge in [0.2, 0.25) is 10.0 Å². The Bertz CT molecular complexity index is 560. The van der Waals surface area contributed by atoms with Crippen molar-refractivity contribution in [1.29, 1.82) is 0 Å². The van der Waals surface area contributed by atoms with E-state index < -0.39 is 10.0 Å². The Kier molecular flexibility index (Phi) is 4.66. The number of likely N-dealkylation sites (N-methyl/N-ethyl adjacent to an activating group) is 1. The first-order valence-electron chi connectivity index (χ1n) is 6.40. The summed E-state index contributed by atoms with van der Waals surface area (Å²) in [6.07, 6.45) is 1.85. The van der Waals surface area contributed by atoms with Crippen LogP contribution in [0.4, 0.5) is 0 Å². The van der Waals surface area contributed by atoms with E-state index in [1.807, 2.05) is 20.0 Å². The number of hydrogen-bond acceptors (Lipinski definition) is 3. The van der Waals surface area contributed by atoms with Crippen LogP contribution in [-0.2, 0) is 10.0 Å². The zero-order valence-corrected chi connectivity index (χ0v) is 13.6. The Balaban J connectivity index is 2.39. The third-order valence-corrected chi connectivity index (χ3v) is 6.52. The summed E-state index contributed by atoms with van der Waals surface area (Å²) in [4.78, 5) is 0.407. The zero-order valence-electron chi connectivity index (χ0n) is 11.2. The van der Waals surface area contributed by atoms with Crippen LogP contribution in [0.1, 0.15) is 18.4 Å². The Morgan fingerprint density at radius 1 is 1.47 bits per heavy atom. The molecule has 1 atom stereocenters. The first-order chi connectivity index (χ1) is 8.98. The Hall–Kier alpha value is -0.430. The van der Waals surface area contributed by atoms with Crippen LogP contribution in [0.25, 0.3) is 0 Å². The number of rotatable bonds is 4. The predicted octanol–water partition coefficient (Wildman–Crippen LogP) is 2.13. The van der Waals surface area contributed by atoms with Gasteiger partial charge in [-0.1, -0.05) is 22.0 Å². The molecule has 1 N–H and O–H groups in total. The van der Waals surface area contributed by atoms with E-state index in [-0.39, 0.29) is 6.04 Å². The fourth-order valence-corrected chi connectivity index (χ4v) is 5.00. The fraction of sp³-hybridized carbons (Fsp3) is 0.538. The molecule has 0 aliphatic carbocycles. The van der Waals surface area contributed by atoms with Crippen LogP contribution in [0.15, 0.2) is 27.6 Å². The molecule has 4 nitrogen and oxygen atoms in total. The first kappa shape index (κ1) is 15.0. The summed E-state index contributed by atoms with van der Waals surface area (Å²) in [5, 5.41) is 3.07. The maximum absolute atomic E-state index is 12.8. The van der Waals surface area contributed by atoms with Gasteiger partial charge in [-0.05, 0) is 44.5 Å². The van der Waals surface area contributed by atoms with E-state index in [4.69, 9.17) is 0 Å². The molecule has 19 heavy (non-hydrogen) atoms. The fourth-order valence-electron chi connectivity index (χ4n) is 2.56. The lowest BCUT2D eigenvalue weighted by Gasteiger charge is -2.24. The molecule has 0 bridgehead atoms. The quantitative estimate of drug-likeness (QED) is 0.908. The maximum atomic E-state index is 12.8. The second-order valence-corrected chi connectivity index (χ2v) is 7.55. The van der Waals surface area contributed by atoms with Gasteiger partial charge >= 0.3 is 0 Å². The lowest BCUT2D eigenvalue weighted by Crippen LogP contribution is -2.41. The second kappa shape index (κ2) is 5.91. The molecule has 1 saturated heterocycles. The molecular weight excluding hydrogens is 328 g/mol. The van der Waals surface area contributed by atoms with Crippen molar-refractivity contribution in [3.63, 3.8) is 0 Å². The van der Waals surface area contributed by atoms with Crippen molar-refractivity contribution in [2.45, 2.75) is 30.7 Å². The third kappa shape index (κ3) is 2.86. The van der Waals surface area contributed by atoms with E-state index in [1.54, 1.807) is 16.4 Å². The number of nitrogens with zero attached hydrogens (tertiary/aromatic N) is 1. The van der Waals surface area contributed by atoms with Crippen LogP contribution in [0.5, 0.6) is 0 Å². The van der Waals surface area contributed by atoms with Crippen LogP contribution in [0.3, 0.4) is 0 Å². The number of benzene rings is 1. The van der Waals surface area contributed by atoms with E-state index in [1.165, 1.54) is 0 Å². The van der Waals surface area contributed by atoms with Crippen molar-refractivity contribution in [3.8, 4) is 0 Å². The SMILES string of the molecule is CNCC1CCCN1S(=O)(=O)c1cccc(Br)c1C. The standard InChI is InChI=1S/C13H19BrN2O2S/c1-10-12(14)6-3-7-13(10)19(17,18)16-8-4-5-11(16)9-15-2/h3,6-7,11,15H,4-5,8-9H2,1-2H3. The highest BCUT2D eigenvalue weighted by atomic mass is 79.9. The summed E-state index contributed by atoms with van der Waals surface area (Å²) in [6.45, 7) is 3.15. The van der Waals surface area contributed by atoms with Gasteiger partial charge in [-0.15, -0.1) is 0 Å². The van der Waals surface area contributed by atoms with E-state index in [0.29, 0.717) is 18.0 Å².